The number of fused-ring (bicyclic) bond motifs is 1. The molecule has 0 aliphatic carbocycles. The molecule has 0 aromatic carbocycles. The predicted octanol–water partition coefficient (Wildman–Crippen LogP) is 0.813. The van der Waals surface area contributed by atoms with Crippen LogP contribution in [0.4, 0.5) is 5.82 Å². The standard InChI is InChI=1S/C16H18N4O4S/c1-17-14-11-8(10-3-2-4-25-10)5-20(15(11)19-7-18-14)16-13(23)12(22)9(6-21)24-16/h2-5,7,9,12-13,16,21-23H,6H2,1H3,(H,17,18,19)/t9-,12-,13-,16-/m1/s1. The van der Waals surface area contributed by atoms with Crippen molar-refractivity contribution in [1.29, 1.82) is 0 Å². The summed E-state index contributed by atoms with van der Waals surface area (Å²) in [5.74, 6) is 0.666. The number of hydrogen-bond donors (Lipinski definition) is 4. The van der Waals surface area contributed by atoms with Gasteiger partial charge in [-0.25, -0.2) is 9.97 Å². The number of nitrogens with one attached hydrogen (secondary N) is 1. The summed E-state index contributed by atoms with van der Waals surface area (Å²) in [6.07, 6.45) is -0.743. The molecule has 0 saturated carbocycles. The van der Waals surface area contributed by atoms with Crippen LogP contribution in [0, 0.1) is 0 Å². The molecule has 0 bridgehead atoms. The zero-order chi connectivity index (χ0) is 17.6. The Labute approximate surface area is 147 Å². The Balaban J connectivity index is 1.91. The van der Waals surface area contributed by atoms with Crippen molar-refractivity contribution in [1.82, 2.24) is 14.5 Å². The normalized spacial score (nSPS) is 26.4. The third-order valence-electron chi connectivity index (χ3n) is 4.42. The largest absolute Gasteiger partial charge is 0.394 e. The Morgan fingerprint density at radius 1 is 1.32 bits per heavy atom. The highest BCUT2D eigenvalue weighted by atomic mass is 32.1. The van der Waals surface area contributed by atoms with Crippen LogP contribution in [0.25, 0.3) is 21.5 Å². The number of hydrogen-bond acceptors (Lipinski definition) is 8. The van der Waals surface area contributed by atoms with Gasteiger partial charge in [0, 0.05) is 23.7 Å². The van der Waals surface area contributed by atoms with Crippen molar-refractivity contribution >= 4 is 28.2 Å². The van der Waals surface area contributed by atoms with Crippen LogP contribution in [0.1, 0.15) is 6.23 Å². The molecule has 0 amide bonds. The van der Waals surface area contributed by atoms with Crippen LogP contribution in [-0.2, 0) is 4.74 Å². The third kappa shape index (κ3) is 2.52. The smallest absolute Gasteiger partial charge is 0.164 e. The fourth-order valence-corrected chi connectivity index (χ4v) is 3.94. The Bertz CT molecular complexity index is 882. The first-order valence-corrected chi connectivity index (χ1v) is 8.73. The average molecular weight is 362 g/mol. The van der Waals surface area contributed by atoms with Gasteiger partial charge < -0.3 is 29.9 Å². The predicted molar refractivity (Wildman–Crippen MR) is 93.4 cm³/mol. The lowest BCUT2D eigenvalue weighted by Crippen LogP contribution is -2.33. The lowest BCUT2D eigenvalue weighted by atomic mass is 10.1. The number of aromatic nitrogens is 3. The van der Waals surface area contributed by atoms with Crippen molar-refractivity contribution in [2.75, 3.05) is 19.0 Å². The van der Waals surface area contributed by atoms with E-state index in [0.29, 0.717) is 11.5 Å². The van der Waals surface area contributed by atoms with E-state index in [4.69, 9.17) is 4.74 Å². The number of aliphatic hydroxyl groups is 3. The van der Waals surface area contributed by atoms with Gasteiger partial charge in [-0.2, -0.15) is 0 Å². The van der Waals surface area contributed by atoms with Crippen LogP contribution in [0.2, 0.25) is 0 Å². The minimum absolute atomic E-state index is 0.373. The summed E-state index contributed by atoms with van der Waals surface area (Å²) in [4.78, 5) is 9.66. The van der Waals surface area contributed by atoms with Gasteiger partial charge in [0.25, 0.3) is 0 Å². The fourth-order valence-electron chi connectivity index (χ4n) is 3.20. The van der Waals surface area contributed by atoms with Crippen LogP contribution in [0.3, 0.4) is 0 Å². The maximum atomic E-state index is 10.4. The first-order chi connectivity index (χ1) is 12.2. The third-order valence-corrected chi connectivity index (χ3v) is 5.33. The van der Waals surface area contributed by atoms with Crippen molar-refractivity contribution < 1.29 is 20.1 Å². The summed E-state index contributed by atoms with van der Waals surface area (Å²) in [6, 6.07) is 3.95. The van der Waals surface area contributed by atoms with Crippen molar-refractivity contribution in [3.8, 4) is 10.4 Å². The molecule has 0 spiro atoms. The molecule has 1 fully saturated rings. The molecule has 4 heterocycles. The maximum Gasteiger partial charge on any atom is 0.164 e. The highest BCUT2D eigenvalue weighted by Gasteiger charge is 2.44. The van der Waals surface area contributed by atoms with Crippen LogP contribution in [0.15, 0.2) is 30.0 Å². The summed E-state index contributed by atoms with van der Waals surface area (Å²) in [5.41, 5.74) is 1.49. The monoisotopic (exact) mass is 362 g/mol. The molecule has 8 nitrogen and oxygen atoms in total. The zero-order valence-electron chi connectivity index (χ0n) is 13.4. The van der Waals surface area contributed by atoms with Gasteiger partial charge in [0.15, 0.2) is 6.23 Å². The molecule has 1 aliphatic heterocycles. The molecule has 3 aromatic heterocycles. The van der Waals surface area contributed by atoms with E-state index in [1.165, 1.54) is 6.33 Å². The van der Waals surface area contributed by atoms with E-state index in [1.54, 1.807) is 23.0 Å². The topological polar surface area (TPSA) is 113 Å². The van der Waals surface area contributed by atoms with E-state index in [0.717, 1.165) is 15.8 Å². The molecule has 25 heavy (non-hydrogen) atoms. The van der Waals surface area contributed by atoms with E-state index < -0.39 is 24.5 Å². The highest BCUT2D eigenvalue weighted by Crippen LogP contribution is 2.40. The minimum atomic E-state index is -1.17. The molecule has 4 atom stereocenters. The highest BCUT2D eigenvalue weighted by molar-refractivity contribution is 7.13. The Kier molecular flexibility index (Phi) is 4.18. The van der Waals surface area contributed by atoms with E-state index >= 15 is 0 Å². The lowest BCUT2D eigenvalue weighted by molar-refractivity contribution is -0.0508. The summed E-state index contributed by atoms with van der Waals surface area (Å²) in [6.45, 7) is -0.373. The molecule has 1 saturated heterocycles. The second-order valence-corrected chi connectivity index (χ2v) is 6.77. The summed E-state index contributed by atoms with van der Waals surface area (Å²) in [5, 5.41) is 35.6. The summed E-state index contributed by atoms with van der Waals surface area (Å²) in [7, 11) is 1.78. The fraction of sp³-hybridized carbons (Fsp3) is 0.375. The second kappa shape index (κ2) is 6.36. The van der Waals surface area contributed by atoms with E-state index in [-0.39, 0.29) is 6.61 Å². The number of anilines is 1. The molecule has 0 unspecified atom stereocenters. The van der Waals surface area contributed by atoms with Gasteiger partial charge >= 0.3 is 0 Å². The van der Waals surface area contributed by atoms with Crippen molar-refractivity contribution in [2.24, 2.45) is 0 Å². The number of aliphatic hydroxyl groups excluding tert-OH is 3. The summed E-state index contributed by atoms with van der Waals surface area (Å²) >= 11 is 1.58. The van der Waals surface area contributed by atoms with Crippen LogP contribution >= 0.6 is 11.3 Å². The first-order valence-electron chi connectivity index (χ1n) is 7.85. The van der Waals surface area contributed by atoms with Gasteiger partial charge in [0.2, 0.25) is 0 Å². The maximum absolute atomic E-state index is 10.4. The summed E-state index contributed by atoms with van der Waals surface area (Å²) < 4.78 is 7.36. The van der Waals surface area contributed by atoms with E-state index in [1.807, 2.05) is 23.7 Å². The van der Waals surface area contributed by atoms with Gasteiger partial charge in [0.1, 0.15) is 36.1 Å². The molecule has 0 radical (unpaired) electrons. The van der Waals surface area contributed by atoms with Crippen LogP contribution in [0.5, 0.6) is 0 Å². The van der Waals surface area contributed by atoms with Gasteiger partial charge in [-0.1, -0.05) is 6.07 Å². The van der Waals surface area contributed by atoms with Crippen LogP contribution in [-0.4, -0.2) is 61.8 Å². The molecule has 9 heteroatoms. The molecule has 4 rings (SSSR count). The lowest BCUT2D eigenvalue weighted by Gasteiger charge is -2.17. The Morgan fingerprint density at radius 3 is 2.80 bits per heavy atom. The first kappa shape index (κ1) is 16.4. The second-order valence-electron chi connectivity index (χ2n) is 5.83. The molecule has 3 aromatic rings. The van der Waals surface area contributed by atoms with Crippen molar-refractivity contribution in [3.63, 3.8) is 0 Å². The Morgan fingerprint density at radius 2 is 2.16 bits per heavy atom. The molecule has 132 valence electrons. The quantitative estimate of drug-likeness (QED) is 0.543. The molecular formula is C16H18N4O4S. The SMILES string of the molecule is CNc1ncnc2c1c(-c1cccs1)cn2[C@@H]1O[C@H](CO)[C@@H](O)[C@H]1O. The van der Waals surface area contributed by atoms with Gasteiger partial charge in [-0.3, -0.25) is 0 Å². The van der Waals surface area contributed by atoms with Crippen molar-refractivity contribution in [3.05, 3.63) is 30.0 Å². The number of rotatable bonds is 4. The Hall–Kier alpha value is -2.04. The zero-order valence-corrected chi connectivity index (χ0v) is 14.2. The molecule has 1 aliphatic rings. The number of thiophene rings is 1. The number of nitrogens with zero attached hydrogens (tertiary/aromatic N) is 3. The van der Waals surface area contributed by atoms with Crippen LogP contribution < -0.4 is 5.32 Å². The van der Waals surface area contributed by atoms with Crippen molar-refractivity contribution in [2.45, 2.75) is 24.5 Å². The van der Waals surface area contributed by atoms with E-state index in [9.17, 15) is 15.3 Å². The molecular weight excluding hydrogens is 344 g/mol. The average Bonchev–Trinajstić information content (AvgIpc) is 3.34. The minimum Gasteiger partial charge on any atom is -0.394 e. The number of ether oxygens (including phenoxy) is 1. The van der Waals surface area contributed by atoms with Gasteiger partial charge in [-0.05, 0) is 11.4 Å². The van der Waals surface area contributed by atoms with Gasteiger partial charge in [0.05, 0.1) is 12.0 Å². The molecule has 4 N–H and O–H groups in total. The van der Waals surface area contributed by atoms with E-state index in [2.05, 4.69) is 15.3 Å². The van der Waals surface area contributed by atoms with Gasteiger partial charge in [-0.15, -0.1) is 11.3 Å².